The molecule has 4 rings (SSSR count). The fourth-order valence-electron chi connectivity index (χ4n) is 4.30. The highest BCUT2D eigenvalue weighted by molar-refractivity contribution is 5.86. The lowest BCUT2D eigenvalue weighted by atomic mass is 10.1. The third kappa shape index (κ3) is 2.88. The zero-order valence-corrected chi connectivity index (χ0v) is 14.8. The molecule has 1 aliphatic carbocycles. The Kier molecular flexibility index (Phi) is 4.39. The van der Waals surface area contributed by atoms with Crippen molar-refractivity contribution >= 4 is 16.9 Å². The molecular weight excluding hydrogens is 300 g/mol. The zero-order valence-electron chi connectivity index (χ0n) is 14.8. The molecule has 2 aromatic heterocycles. The molecule has 3 heterocycles. The van der Waals surface area contributed by atoms with Crippen LogP contribution < -0.4 is 5.32 Å². The van der Waals surface area contributed by atoms with Gasteiger partial charge >= 0.3 is 0 Å². The van der Waals surface area contributed by atoms with E-state index >= 15 is 0 Å². The molecule has 0 aromatic carbocycles. The third-order valence-electron chi connectivity index (χ3n) is 5.74. The van der Waals surface area contributed by atoms with Gasteiger partial charge in [-0.05, 0) is 38.8 Å². The molecule has 2 aromatic rings. The highest BCUT2D eigenvalue weighted by atomic mass is 15.3. The van der Waals surface area contributed by atoms with Crippen molar-refractivity contribution in [3.8, 4) is 0 Å². The lowest BCUT2D eigenvalue weighted by Gasteiger charge is -2.23. The maximum absolute atomic E-state index is 4.91. The lowest BCUT2D eigenvalue weighted by molar-refractivity contribution is 0.277. The zero-order chi connectivity index (χ0) is 16.5. The minimum atomic E-state index is 0.517. The molecule has 6 nitrogen and oxygen atoms in total. The largest absolute Gasteiger partial charge is 0.368 e. The normalized spacial score (nSPS) is 22.7. The molecule has 130 valence electrons. The van der Waals surface area contributed by atoms with Gasteiger partial charge in [0.1, 0.15) is 11.6 Å². The first-order valence-electron chi connectivity index (χ1n) is 9.44. The first-order valence-corrected chi connectivity index (χ1v) is 9.44. The SMILES string of the molecule is CCN1CCC[C@H]1CNc1nc(C2CCCC2)nc2c1cnn2C. The van der Waals surface area contributed by atoms with E-state index in [0.717, 1.165) is 35.8 Å². The van der Waals surface area contributed by atoms with Gasteiger partial charge in [0.05, 0.1) is 11.6 Å². The van der Waals surface area contributed by atoms with Crippen LogP contribution in [0.2, 0.25) is 0 Å². The number of likely N-dealkylation sites (tertiary alicyclic amines) is 1. The monoisotopic (exact) mass is 328 g/mol. The Labute approximate surface area is 143 Å². The molecule has 1 N–H and O–H groups in total. The molecule has 1 aliphatic heterocycles. The summed E-state index contributed by atoms with van der Waals surface area (Å²) in [7, 11) is 1.97. The van der Waals surface area contributed by atoms with Crippen LogP contribution in [0.15, 0.2) is 6.20 Å². The minimum absolute atomic E-state index is 0.517. The summed E-state index contributed by atoms with van der Waals surface area (Å²) < 4.78 is 1.87. The van der Waals surface area contributed by atoms with Crippen LogP contribution in [0.3, 0.4) is 0 Å². The Balaban J connectivity index is 1.60. The molecule has 0 bridgehead atoms. The van der Waals surface area contributed by atoms with Crippen molar-refractivity contribution < 1.29 is 0 Å². The second kappa shape index (κ2) is 6.67. The Bertz CT molecular complexity index is 703. The van der Waals surface area contributed by atoms with E-state index in [2.05, 4.69) is 22.2 Å². The smallest absolute Gasteiger partial charge is 0.163 e. The van der Waals surface area contributed by atoms with Crippen LogP contribution >= 0.6 is 0 Å². The molecule has 2 aliphatic rings. The van der Waals surface area contributed by atoms with E-state index in [-0.39, 0.29) is 0 Å². The van der Waals surface area contributed by atoms with E-state index in [4.69, 9.17) is 9.97 Å². The Morgan fingerprint density at radius 3 is 2.79 bits per heavy atom. The van der Waals surface area contributed by atoms with Crippen molar-refractivity contribution in [1.82, 2.24) is 24.6 Å². The maximum Gasteiger partial charge on any atom is 0.163 e. The van der Waals surface area contributed by atoms with E-state index in [1.807, 2.05) is 17.9 Å². The van der Waals surface area contributed by atoms with E-state index in [0.29, 0.717) is 12.0 Å². The molecule has 0 radical (unpaired) electrons. The van der Waals surface area contributed by atoms with Crippen molar-refractivity contribution in [2.45, 2.75) is 57.4 Å². The van der Waals surface area contributed by atoms with E-state index in [9.17, 15) is 0 Å². The van der Waals surface area contributed by atoms with Gasteiger partial charge in [0.15, 0.2) is 5.65 Å². The van der Waals surface area contributed by atoms with Crippen LogP contribution in [0.25, 0.3) is 11.0 Å². The molecule has 6 heteroatoms. The topological polar surface area (TPSA) is 58.9 Å². The highest BCUT2D eigenvalue weighted by Gasteiger charge is 2.25. The predicted molar refractivity (Wildman–Crippen MR) is 96.3 cm³/mol. The molecule has 1 saturated heterocycles. The van der Waals surface area contributed by atoms with Crippen molar-refractivity contribution in [3.63, 3.8) is 0 Å². The number of aryl methyl sites for hydroxylation is 1. The van der Waals surface area contributed by atoms with Crippen molar-refractivity contribution in [2.75, 3.05) is 25.0 Å². The van der Waals surface area contributed by atoms with Gasteiger partial charge in [-0.1, -0.05) is 19.8 Å². The van der Waals surface area contributed by atoms with Gasteiger partial charge in [0, 0.05) is 25.6 Å². The summed E-state index contributed by atoms with van der Waals surface area (Å²) in [5.74, 6) is 2.49. The first-order chi connectivity index (χ1) is 11.8. The molecule has 2 fully saturated rings. The first kappa shape index (κ1) is 15.8. The summed E-state index contributed by atoms with van der Waals surface area (Å²) in [5.41, 5.74) is 0.952. The van der Waals surface area contributed by atoms with Crippen LogP contribution in [-0.4, -0.2) is 50.3 Å². The molecular formula is C18H28N6. The number of likely N-dealkylation sites (N-methyl/N-ethyl adjacent to an activating group) is 1. The number of fused-ring (bicyclic) bond motifs is 1. The molecule has 1 saturated carbocycles. The summed E-state index contributed by atoms with van der Waals surface area (Å²) in [4.78, 5) is 12.3. The average Bonchev–Trinajstić information content (AvgIpc) is 3.34. The standard InChI is InChI=1S/C18H28N6/c1-3-24-10-6-9-14(24)11-19-17-15-12-20-23(2)18(15)22-16(21-17)13-7-4-5-8-13/h12-14H,3-11H2,1-2H3,(H,19,21,22)/t14-/m0/s1. The number of anilines is 1. The molecule has 0 unspecified atom stereocenters. The second-order valence-corrected chi connectivity index (χ2v) is 7.22. The van der Waals surface area contributed by atoms with Crippen molar-refractivity contribution in [2.24, 2.45) is 7.05 Å². The van der Waals surface area contributed by atoms with Crippen molar-refractivity contribution in [1.29, 1.82) is 0 Å². The summed E-state index contributed by atoms with van der Waals surface area (Å²) in [5, 5.41) is 9.07. The molecule has 0 amide bonds. The highest BCUT2D eigenvalue weighted by Crippen LogP contribution is 2.34. The maximum atomic E-state index is 4.91. The fraction of sp³-hybridized carbons (Fsp3) is 0.722. The van der Waals surface area contributed by atoms with Crippen LogP contribution in [0, 0.1) is 0 Å². The van der Waals surface area contributed by atoms with Gasteiger partial charge in [-0.3, -0.25) is 9.58 Å². The van der Waals surface area contributed by atoms with E-state index in [1.165, 1.54) is 45.1 Å². The number of hydrogen-bond acceptors (Lipinski definition) is 5. The number of nitrogens with zero attached hydrogens (tertiary/aromatic N) is 5. The van der Waals surface area contributed by atoms with Gasteiger partial charge < -0.3 is 5.32 Å². The number of rotatable bonds is 5. The van der Waals surface area contributed by atoms with Crippen LogP contribution in [0.4, 0.5) is 5.82 Å². The quantitative estimate of drug-likeness (QED) is 0.914. The third-order valence-corrected chi connectivity index (χ3v) is 5.74. The lowest BCUT2D eigenvalue weighted by Crippen LogP contribution is -2.34. The number of aromatic nitrogens is 4. The van der Waals surface area contributed by atoms with Crippen LogP contribution in [-0.2, 0) is 7.05 Å². The molecule has 1 atom stereocenters. The van der Waals surface area contributed by atoms with Crippen LogP contribution in [0.5, 0.6) is 0 Å². The molecule has 0 spiro atoms. The van der Waals surface area contributed by atoms with Crippen LogP contribution in [0.1, 0.15) is 57.2 Å². The van der Waals surface area contributed by atoms with Crippen molar-refractivity contribution in [3.05, 3.63) is 12.0 Å². The predicted octanol–water partition coefficient (Wildman–Crippen LogP) is 2.92. The van der Waals surface area contributed by atoms with E-state index < -0.39 is 0 Å². The minimum Gasteiger partial charge on any atom is -0.368 e. The molecule has 24 heavy (non-hydrogen) atoms. The van der Waals surface area contributed by atoms with Gasteiger partial charge in [-0.2, -0.15) is 5.10 Å². The van der Waals surface area contributed by atoms with Gasteiger partial charge in [-0.15, -0.1) is 0 Å². The van der Waals surface area contributed by atoms with Gasteiger partial charge in [0.25, 0.3) is 0 Å². The Morgan fingerprint density at radius 1 is 1.17 bits per heavy atom. The summed E-state index contributed by atoms with van der Waals surface area (Å²) in [6, 6.07) is 0.617. The summed E-state index contributed by atoms with van der Waals surface area (Å²) in [6.07, 6.45) is 9.51. The Morgan fingerprint density at radius 2 is 2.00 bits per heavy atom. The average molecular weight is 328 g/mol. The second-order valence-electron chi connectivity index (χ2n) is 7.22. The Hall–Kier alpha value is -1.69. The van der Waals surface area contributed by atoms with Gasteiger partial charge in [-0.25, -0.2) is 9.97 Å². The number of nitrogens with one attached hydrogen (secondary N) is 1. The fourth-order valence-corrected chi connectivity index (χ4v) is 4.30. The van der Waals surface area contributed by atoms with E-state index in [1.54, 1.807) is 0 Å². The number of hydrogen-bond donors (Lipinski definition) is 1. The summed E-state index contributed by atoms with van der Waals surface area (Å²) >= 11 is 0. The van der Waals surface area contributed by atoms with Gasteiger partial charge in [0.2, 0.25) is 0 Å². The summed E-state index contributed by atoms with van der Waals surface area (Å²) in [6.45, 7) is 5.56.